The summed E-state index contributed by atoms with van der Waals surface area (Å²) in [6.07, 6.45) is 5.06. The second-order valence-electron chi connectivity index (χ2n) is 7.36. The van der Waals surface area contributed by atoms with Gasteiger partial charge >= 0.3 is 0 Å². The van der Waals surface area contributed by atoms with Crippen molar-refractivity contribution in [1.82, 2.24) is 34.3 Å². The maximum absolute atomic E-state index is 12.0. The number of rotatable bonds is 6. The average Bonchev–Trinajstić information content (AvgIpc) is 3.16. The van der Waals surface area contributed by atoms with E-state index in [0.29, 0.717) is 18.4 Å². The molecule has 4 heterocycles. The molecule has 0 aliphatic carbocycles. The summed E-state index contributed by atoms with van der Waals surface area (Å²) in [7, 11) is 0. The Balaban J connectivity index is 1.43. The number of anilines is 1. The maximum atomic E-state index is 12.0. The van der Waals surface area contributed by atoms with Crippen molar-refractivity contribution in [3.63, 3.8) is 0 Å². The van der Waals surface area contributed by atoms with Crippen LogP contribution >= 0.6 is 0 Å². The number of nitrogens with one attached hydrogen (secondary N) is 1. The molecule has 9 heteroatoms. The van der Waals surface area contributed by atoms with Gasteiger partial charge in [0.25, 0.3) is 11.3 Å². The van der Waals surface area contributed by atoms with Gasteiger partial charge in [-0.2, -0.15) is 19.7 Å². The fourth-order valence-corrected chi connectivity index (χ4v) is 3.80. The van der Waals surface area contributed by atoms with Gasteiger partial charge in [-0.3, -0.25) is 9.69 Å². The lowest BCUT2D eigenvalue weighted by Crippen LogP contribution is -2.45. The molecule has 3 aromatic rings. The van der Waals surface area contributed by atoms with Crippen LogP contribution in [0.25, 0.3) is 5.78 Å². The number of hydrogen-bond donors (Lipinski definition) is 1. The number of fused-ring (bicyclic) bond motifs is 1. The molecule has 1 aliphatic heterocycles. The second-order valence-corrected chi connectivity index (χ2v) is 7.36. The monoisotopic (exact) mass is 382 g/mol. The van der Waals surface area contributed by atoms with Crippen molar-refractivity contribution < 1.29 is 0 Å². The molecular formula is C19H26N8O. The molecule has 3 aromatic heterocycles. The number of piperidine rings is 1. The van der Waals surface area contributed by atoms with Gasteiger partial charge < -0.3 is 5.32 Å². The van der Waals surface area contributed by atoms with Crippen molar-refractivity contribution in [3.05, 3.63) is 46.3 Å². The molecule has 28 heavy (non-hydrogen) atoms. The van der Waals surface area contributed by atoms with E-state index in [2.05, 4.69) is 30.4 Å². The Morgan fingerprint density at radius 1 is 1.18 bits per heavy atom. The number of aryl methyl sites for hydroxylation is 2. The SMILES string of the molecule is Cc1cc(NCC2CCCCN2CCn2nc(C)ccc2=O)n2ncnc2n1. The third kappa shape index (κ3) is 4.04. The summed E-state index contributed by atoms with van der Waals surface area (Å²) in [6, 6.07) is 5.74. The molecule has 1 aliphatic rings. The van der Waals surface area contributed by atoms with E-state index >= 15 is 0 Å². The quantitative estimate of drug-likeness (QED) is 0.686. The van der Waals surface area contributed by atoms with Crippen molar-refractivity contribution in [1.29, 1.82) is 0 Å². The summed E-state index contributed by atoms with van der Waals surface area (Å²) >= 11 is 0. The van der Waals surface area contributed by atoms with E-state index in [9.17, 15) is 4.79 Å². The summed E-state index contributed by atoms with van der Waals surface area (Å²) < 4.78 is 3.30. The first kappa shape index (κ1) is 18.5. The van der Waals surface area contributed by atoms with Crippen molar-refractivity contribution in [2.45, 2.75) is 45.7 Å². The average molecular weight is 382 g/mol. The van der Waals surface area contributed by atoms with Crippen molar-refractivity contribution in [2.24, 2.45) is 0 Å². The molecule has 9 nitrogen and oxygen atoms in total. The van der Waals surface area contributed by atoms with Gasteiger partial charge in [-0.15, -0.1) is 0 Å². The molecule has 1 atom stereocenters. The van der Waals surface area contributed by atoms with Gasteiger partial charge in [-0.05, 0) is 39.3 Å². The molecule has 0 amide bonds. The minimum Gasteiger partial charge on any atom is -0.368 e. The first-order valence-corrected chi connectivity index (χ1v) is 9.80. The van der Waals surface area contributed by atoms with Crippen molar-refractivity contribution in [3.8, 4) is 0 Å². The van der Waals surface area contributed by atoms with Crippen LogP contribution < -0.4 is 10.9 Å². The lowest BCUT2D eigenvalue weighted by molar-refractivity contribution is 0.148. The smallest absolute Gasteiger partial charge is 0.266 e. The zero-order chi connectivity index (χ0) is 19.5. The number of likely N-dealkylation sites (tertiary alicyclic amines) is 1. The number of nitrogens with zero attached hydrogens (tertiary/aromatic N) is 7. The van der Waals surface area contributed by atoms with Gasteiger partial charge in [-0.25, -0.2) is 9.67 Å². The van der Waals surface area contributed by atoms with Crippen LogP contribution in [0.2, 0.25) is 0 Å². The molecule has 1 fully saturated rings. The first-order chi connectivity index (χ1) is 13.6. The summed E-state index contributed by atoms with van der Waals surface area (Å²) in [6.45, 7) is 7.15. The van der Waals surface area contributed by atoms with Crippen LogP contribution in [-0.4, -0.2) is 59.9 Å². The minimum atomic E-state index is -0.0434. The Kier molecular flexibility index (Phi) is 5.34. The molecule has 0 aromatic carbocycles. The molecule has 0 bridgehead atoms. The van der Waals surface area contributed by atoms with Gasteiger partial charge in [0.05, 0.1) is 12.2 Å². The first-order valence-electron chi connectivity index (χ1n) is 9.80. The van der Waals surface area contributed by atoms with Gasteiger partial charge in [0, 0.05) is 37.0 Å². The molecule has 1 N–H and O–H groups in total. The normalized spacial score (nSPS) is 17.9. The largest absolute Gasteiger partial charge is 0.368 e. The highest BCUT2D eigenvalue weighted by atomic mass is 16.1. The van der Waals surface area contributed by atoms with Crippen LogP contribution in [0, 0.1) is 13.8 Å². The fourth-order valence-electron chi connectivity index (χ4n) is 3.80. The summed E-state index contributed by atoms with van der Waals surface area (Å²) in [5.74, 6) is 1.51. The van der Waals surface area contributed by atoms with Crippen LogP contribution in [0.15, 0.2) is 29.3 Å². The van der Waals surface area contributed by atoms with Crippen LogP contribution in [0.5, 0.6) is 0 Å². The van der Waals surface area contributed by atoms with E-state index in [0.717, 1.165) is 43.3 Å². The van der Waals surface area contributed by atoms with E-state index in [1.165, 1.54) is 19.2 Å². The highest BCUT2D eigenvalue weighted by molar-refractivity contribution is 5.44. The zero-order valence-electron chi connectivity index (χ0n) is 16.4. The molecule has 148 valence electrons. The van der Waals surface area contributed by atoms with E-state index in [-0.39, 0.29) is 5.56 Å². The molecule has 0 saturated carbocycles. The highest BCUT2D eigenvalue weighted by Gasteiger charge is 2.22. The molecule has 0 radical (unpaired) electrons. The molecule has 4 rings (SSSR count). The Labute approximate surface area is 163 Å². The second kappa shape index (κ2) is 8.05. The van der Waals surface area contributed by atoms with Gasteiger partial charge in [0.2, 0.25) is 0 Å². The van der Waals surface area contributed by atoms with Crippen LogP contribution in [0.3, 0.4) is 0 Å². The fraction of sp³-hybridized carbons (Fsp3) is 0.526. The van der Waals surface area contributed by atoms with Gasteiger partial charge in [0.15, 0.2) is 0 Å². The van der Waals surface area contributed by atoms with E-state index in [1.807, 2.05) is 19.9 Å². The molecule has 1 saturated heterocycles. The topological polar surface area (TPSA) is 93.2 Å². The molecule has 0 spiro atoms. The van der Waals surface area contributed by atoms with Crippen molar-refractivity contribution in [2.75, 3.05) is 25.0 Å². The third-order valence-corrected chi connectivity index (χ3v) is 5.25. The lowest BCUT2D eigenvalue weighted by atomic mass is 10.0. The summed E-state index contributed by atoms with van der Waals surface area (Å²) in [5.41, 5.74) is 1.73. The van der Waals surface area contributed by atoms with Gasteiger partial charge in [0.1, 0.15) is 12.1 Å². The predicted molar refractivity (Wildman–Crippen MR) is 106 cm³/mol. The number of hydrogen-bond acceptors (Lipinski definition) is 7. The molecule has 1 unspecified atom stereocenters. The number of aromatic nitrogens is 6. The standard InChI is InChI=1S/C19H26N8O/c1-14-6-7-18(28)26(24-14)10-9-25-8-4-3-5-16(25)12-20-17-11-15(2)23-19-21-13-22-27(17)19/h6-7,11,13,16,20H,3-5,8-10,12H2,1-2H3. The zero-order valence-corrected chi connectivity index (χ0v) is 16.4. The van der Waals surface area contributed by atoms with Crippen molar-refractivity contribution >= 4 is 11.6 Å². The van der Waals surface area contributed by atoms with E-state index in [4.69, 9.17) is 0 Å². The predicted octanol–water partition coefficient (Wildman–Crippen LogP) is 1.26. The van der Waals surface area contributed by atoms with E-state index in [1.54, 1.807) is 21.3 Å². The molecular weight excluding hydrogens is 356 g/mol. The Morgan fingerprint density at radius 2 is 2.07 bits per heavy atom. The van der Waals surface area contributed by atoms with Crippen LogP contribution in [-0.2, 0) is 6.54 Å². The maximum Gasteiger partial charge on any atom is 0.266 e. The minimum absolute atomic E-state index is 0.0434. The summed E-state index contributed by atoms with van der Waals surface area (Å²) in [5, 5.41) is 12.1. The Morgan fingerprint density at radius 3 is 2.96 bits per heavy atom. The lowest BCUT2D eigenvalue weighted by Gasteiger charge is -2.36. The summed E-state index contributed by atoms with van der Waals surface area (Å²) in [4.78, 5) is 23.0. The Bertz CT molecular complexity index is 1010. The van der Waals surface area contributed by atoms with Gasteiger partial charge in [-0.1, -0.05) is 6.42 Å². The Hall–Kier alpha value is -2.81. The van der Waals surface area contributed by atoms with Crippen LogP contribution in [0.1, 0.15) is 30.7 Å². The third-order valence-electron chi connectivity index (χ3n) is 5.25. The van der Waals surface area contributed by atoms with E-state index < -0.39 is 0 Å². The highest BCUT2D eigenvalue weighted by Crippen LogP contribution is 2.18. The van der Waals surface area contributed by atoms with Crippen LogP contribution in [0.4, 0.5) is 5.82 Å².